The lowest BCUT2D eigenvalue weighted by Gasteiger charge is -1.97. The van der Waals surface area contributed by atoms with Crippen molar-refractivity contribution in [1.82, 2.24) is 0 Å². The van der Waals surface area contributed by atoms with Crippen molar-refractivity contribution in [2.75, 3.05) is 0 Å². The lowest BCUT2D eigenvalue weighted by atomic mass is 10.3. The molecular formula is C6H8ClNO2S. The van der Waals surface area contributed by atoms with Gasteiger partial charge in [-0.15, -0.1) is 12.6 Å². The molecule has 0 fully saturated rings. The lowest BCUT2D eigenvalue weighted by Crippen LogP contribution is -1.99. The van der Waals surface area contributed by atoms with E-state index in [-0.39, 0.29) is 5.70 Å². The molecule has 0 saturated carbocycles. The molecule has 62 valence electrons. The summed E-state index contributed by atoms with van der Waals surface area (Å²) in [6.07, 6.45) is 0.527. The number of carbonyl (C=O) groups is 1. The van der Waals surface area contributed by atoms with E-state index in [1.807, 2.05) is 0 Å². The molecule has 0 aliphatic heterocycles. The van der Waals surface area contributed by atoms with E-state index in [0.717, 1.165) is 5.67 Å². The van der Waals surface area contributed by atoms with Crippen LogP contribution in [0.5, 0.6) is 0 Å². The van der Waals surface area contributed by atoms with Crippen LogP contribution in [0.1, 0.15) is 13.3 Å². The molecule has 0 saturated heterocycles. The van der Waals surface area contributed by atoms with Gasteiger partial charge >= 0.3 is 5.97 Å². The summed E-state index contributed by atoms with van der Waals surface area (Å²) in [6, 6.07) is 0. The maximum atomic E-state index is 10.4. The number of hydrogen-bond acceptors (Lipinski definition) is 3. The van der Waals surface area contributed by atoms with Crippen LogP contribution in [0.4, 0.5) is 0 Å². The number of nitrogens with zero attached hydrogens (tertiary/aromatic N) is 1. The Morgan fingerprint density at radius 2 is 2.36 bits per heavy atom. The van der Waals surface area contributed by atoms with Crippen molar-refractivity contribution < 1.29 is 9.90 Å². The molecule has 0 aromatic carbocycles. The van der Waals surface area contributed by atoms with Crippen molar-refractivity contribution in [3.05, 3.63) is 10.6 Å². The Morgan fingerprint density at radius 1 is 1.82 bits per heavy atom. The summed E-state index contributed by atoms with van der Waals surface area (Å²) >= 11 is 9.04. The number of halogens is 1. The quantitative estimate of drug-likeness (QED) is 0.409. The van der Waals surface area contributed by atoms with Crippen LogP contribution in [0.2, 0.25) is 0 Å². The second-order valence-corrected chi connectivity index (χ2v) is 2.42. The number of carboxylic acid groups (broad SMARTS) is 1. The monoisotopic (exact) mass is 193 g/mol. The summed E-state index contributed by atoms with van der Waals surface area (Å²) in [6.45, 7) is 1.79. The highest BCUT2D eigenvalue weighted by Crippen LogP contribution is 2.13. The van der Waals surface area contributed by atoms with Crippen LogP contribution in [-0.2, 0) is 4.79 Å². The first kappa shape index (κ1) is 10.5. The van der Waals surface area contributed by atoms with Crippen LogP contribution in [0.3, 0.4) is 0 Å². The lowest BCUT2D eigenvalue weighted by molar-refractivity contribution is -0.132. The predicted molar refractivity (Wildman–Crippen MR) is 48.3 cm³/mol. The topological polar surface area (TPSA) is 49.7 Å². The highest BCUT2D eigenvalue weighted by Gasteiger charge is 2.08. The van der Waals surface area contributed by atoms with Gasteiger partial charge in [-0.05, 0) is 6.42 Å². The van der Waals surface area contributed by atoms with Gasteiger partial charge in [0.1, 0.15) is 0 Å². The van der Waals surface area contributed by atoms with Crippen LogP contribution in [0.15, 0.2) is 15.6 Å². The molecule has 0 aromatic heterocycles. The predicted octanol–water partition coefficient (Wildman–Crippen LogP) is 1.89. The van der Waals surface area contributed by atoms with Gasteiger partial charge in [-0.3, -0.25) is 0 Å². The molecule has 0 amide bonds. The Bertz CT molecular complexity index is 213. The number of rotatable bonds is 3. The van der Waals surface area contributed by atoms with E-state index >= 15 is 0 Å². The molecule has 0 spiro atoms. The molecule has 0 unspecified atom stereocenters. The Morgan fingerprint density at radius 3 is 2.64 bits per heavy atom. The Kier molecular flexibility index (Phi) is 4.98. The second-order valence-electron chi connectivity index (χ2n) is 1.68. The molecule has 1 N–H and O–H groups in total. The zero-order valence-electron chi connectivity index (χ0n) is 5.91. The van der Waals surface area contributed by atoms with Gasteiger partial charge in [0.05, 0.1) is 5.67 Å². The molecule has 0 radical (unpaired) electrons. The van der Waals surface area contributed by atoms with E-state index in [4.69, 9.17) is 16.7 Å². The maximum Gasteiger partial charge on any atom is 0.355 e. The van der Waals surface area contributed by atoms with Gasteiger partial charge in [-0.25, -0.2) is 9.79 Å². The van der Waals surface area contributed by atoms with Crippen molar-refractivity contribution in [3.63, 3.8) is 0 Å². The molecule has 0 rings (SSSR count). The third-order valence-corrected chi connectivity index (χ3v) is 1.61. The average molecular weight is 194 g/mol. The fraction of sp³-hybridized carbons (Fsp3) is 0.333. The summed E-state index contributed by atoms with van der Waals surface area (Å²) < 4.78 is 0. The number of thiol groups is 1. The molecular weight excluding hydrogens is 186 g/mol. The molecule has 0 atom stereocenters. The molecule has 5 heteroatoms. The minimum absolute atomic E-state index is 0.106. The Hall–Kier alpha value is -0.480. The van der Waals surface area contributed by atoms with E-state index < -0.39 is 5.97 Å². The largest absolute Gasteiger partial charge is 0.476 e. The smallest absolute Gasteiger partial charge is 0.355 e. The van der Waals surface area contributed by atoms with E-state index in [1.165, 1.54) is 0 Å². The van der Waals surface area contributed by atoms with Crippen molar-refractivity contribution in [1.29, 1.82) is 0 Å². The van der Waals surface area contributed by atoms with Crippen molar-refractivity contribution >= 4 is 35.9 Å². The third-order valence-electron chi connectivity index (χ3n) is 0.989. The van der Waals surface area contributed by atoms with Crippen LogP contribution < -0.4 is 0 Å². The van der Waals surface area contributed by atoms with Gasteiger partial charge in [0.15, 0.2) is 5.70 Å². The molecule has 3 nitrogen and oxygen atoms in total. The summed E-state index contributed by atoms with van der Waals surface area (Å²) in [5.74, 6) is -1.12. The molecule has 0 aliphatic carbocycles. The Balaban J connectivity index is 4.72. The molecule has 0 aliphatic rings. The van der Waals surface area contributed by atoms with E-state index in [9.17, 15) is 4.79 Å². The van der Waals surface area contributed by atoms with Crippen LogP contribution >= 0.6 is 24.2 Å². The first-order valence-electron chi connectivity index (χ1n) is 2.91. The van der Waals surface area contributed by atoms with Gasteiger partial charge in [0.2, 0.25) is 0 Å². The number of allylic oxidation sites excluding steroid dienone is 1. The number of hydrogen-bond donors (Lipinski definition) is 2. The van der Waals surface area contributed by atoms with Crippen molar-refractivity contribution in [2.24, 2.45) is 4.99 Å². The third kappa shape index (κ3) is 3.43. The highest BCUT2D eigenvalue weighted by molar-refractivity contribution is 7.84. The minimum Gasteiger partial charge on any atom is -0.476 e. The van der Waals surface area contributed by atoms with Crippen LogP contribution in [-0.4, -0.2) is 16.7 Å². The fourth-order valence-corrected chi connectivity index (χ4v) is 0.720. The van der Waals surface area contributed by atoms with E-state index in [2.05, 4.69) is 17.6 Å². The summed E-state index contributed by atoms with van der Waals surface area (Å²) in [7, 11) is 0. The highest BCUT2D eigenvalue weighted by atomic mass is 35.5. The number of carboxylic acids is 1. The number of aliphatic imine (C=N–C) groups is 1. The molecule has 0 aromatic rings. The molecule has 0 heterocycles. The zero-order chi connectivity index (χ0) is 8.85. The van der Waals surface area contributed by atoms with Gasteiger partial charge in [0.25, 0.3) is 0 Å². The van der Waals surface area contributed by atoms with Crippen molar-refractivity contribution in [3.8, 4) is 0 Å². The van der Waals surface area contributed by atoms with Crippen LogP contribution in [0, 0.1) is 0 Å². The Labute approximate surface area is 75.2 Å². The first-order chi connectivity index (χ1) is 5.13. The van der Waals surface area contributed by atoms with Gasteiger partial charge < -0.3 is 5.11 Å². The normalized spacial score (nSPS) is 13.4. The zero-order valence-corrected chi connectivity index (χ0v) is 7.56. The van der Waals surface area contributed by atoms with Gasteiger partial charge in [0, 0.05) is 4.91 Å². The summed E-state index contributed by atoms with van der Waals surface area (Å²) in [5, 5.41) is 8.53. The van der Waals surface area contributed by atoms with Gasteiger partial charge in [-0.1, -0.05) is 18.5 Å². The van der Waals surface area contributed by atoms with E-state index in [1.54, 1.807) is 6.92 Å². The molecule has 0 bridgehead atoms. The minimum atomic E-state index is -1.12. The number of aliphatic carboxylic acids is 1. The fourth-order valence-electron chi connectivity index (χ4n) is 0.469. The molecule has 11 heavy (non-hydrogen) atoms. The van der Waals surface area contributed by atoms with Crippen LogP contribution in [0.25, 0.3) is 0 Å². The van der Waals surface area contributed by atoms with Crippen molar-refractivity contribution in [2.45, 2.75) is 13.3 Å². The summed E-state index contributed by atoms with van der Waals surface area (Å²) in [5.41, 5.74) is 0.806. The summed E-state index contributed by atoms with van der Waals surface area (Å²) in [4.78, 5) is 14.3. The van der Waals surface area contributed by atoms with E-state index in [0.29, 0.717) is 11.3 Å². The average Bonchev–Trinajstić information content (AvgIpc) is 1.98. The second kappa shape index (κ2) is 5.21. The maximum absolute atomic E-state index is 10.4. The first-order valence-corrected chi connectivity index (χ1v) is 3.80. The SMILES string of the molecule is CC/C(S)=C(/N=CCl)C(=O)O. The van der Waals surface area contributed by atoms with Gasteiger partial charge in [-0.2, -0.15) is 0 Å². The standard InChI is InChI=1S/C6H8ClNO2S/c1-2-4(11)5(6(9)10)8-3-7/h3,11H,2H2,1H3,(H,9,10)/b5-4-,8-3?.